The first kappa shape index (κ1) is 15.0. The third-order valence-electron chi connectivity index (χ3n) is 3.36. The van der Waals surface area contributed by atoms with Crippen molar-refractivity contribution >= 4 is 37.8 Å². The molecule has 1 heterocycles. The van der Waals surface area contributed by atoms with Crippen molar-refractivity contribution in [2.45, 2.75) is 32.4 Å². The molecule has 0 aromatic heterocycles. The summed E-state index contributed by atoms with van der Waals surface area (Å²) in [5.74, 6) is 0.0650. The summed E-state index contributed by atoms with van der Waals surface area (Å²) >= 11 is 6.87. The fraction of sp³-hybridized carbons (Fsp3) is 0.500. The Kier molecular flexibility index (Phi) is 5.03. The van der Waals surface area contributed by atoms with Crippen LogP contribution in [0.5, 0.6) is 0 Å². The van der Waals surface area contributed by atoms with E-state index in [1.165, 1.54) is 0 Å². The molecule has 104 valence electrons. The second-order valence-corrected chi connectivity index (χ2v) is 6.56. The lowest BCUT2D eigenvalue weighted by Crippen LogP contribution is -2.51. The van der Waals surface area contributed by atoms with Crippen molar-refractivity contribution in [3.8, 4) is 0 Å². The van der Waals surface area contributed by atoms with Gasteiger partial charge in [0.2, 0.25) is 0 Å². The molecular formula is C14H17Br2NO2. The monoisotopic (exact) mass is 389 g/mol. The standard InChI is InChI=1S/C14H17Br2NO2/c1-3-11-8-19-9(2)7-17(11)14(18)12-6-10(15)4-5-13(12)16/h4-6,9,11H,3,7-8H2,1-2H3. The molecular weight excluding hydrogens is 374 g/mol. The molecule has 1 aliphatic heterocycles. The topological polar surface area (TPSA) is 29.5 Å². The highest BCUT2D eigenvalue weighted by atomic mass is 79.9. The fourth-order valence-electron chi connectivity index (χ4n) is 2.25. The van der Waals surface area contributed by atoms with E-state index in [-0.39, 0.29) is 18.1 Å². The first-order valence-electron chi connectivity index (χ1n) is 6.40. The molecule has 1 amide bonds. The van der Waals surface area contributed by atoms with Gasteiger partial charge in [-0.1, -0.05) is 22.9 Å². The summed E-state index contributed by atoms with van der Waals surface area (Å²) in [6, 6.07) is 5.83. The van der Waals surface area contributed by atoms with Crippen LogP contribution in [0.25, 0.3) is 0 Å². The first-order chi connectivity index (χ1) is 9.02. The Morgan fingerprint density at radius 2 is 2.21 bits per heavy atom. The van der Waals surface area contributed by atoms with Crippen molar-refractivity contribution in [2.24, 2.45) is 0 Å². The number of rotatable bonds is 2. The molecule has 2 atom stereocenters. The highest BCUT2D eigenvalue weighted by Crippen LogP contribution is 2.25. The predicted octanol–water partition coefficient (Wildman–Crippen LogP) is 3.85. The van der Waals surface area contributed by atoms with E-state index < -0.39 is 0 Å². The molecule has 0 radical (unpaired) electrons. The van der Waals surface area contributed by atoms with E-state index >= 15 is 0 Å². The Labute approximate surface area is 130 Å². The normalized spacial score (nSPS) is 23.5. The summed E-state index contributed by atoms with van der Waals surface area (Å²) in [6.07, 6.45) is 1.00. The third-order valence-corrected chi connectivity index (χ3v) is 4.54. The molecule has 0 N–H and O–H groups in total. The Morgan fingerprint density at radius 3 is 2.89 bits per heavy atom. The minimum atomic E-state index is 0.0650. The lowest BCUT2D eigenvalue weighted by molar-refractivity contribution is -0.0444. The highest BCUT2D eigenvalue weighted by molar-refractivity contribution is 9.11. The van der Waals surface area contributed by atoms with E-state index in [0.717, 1.165) is 15.4 Å². The van der Waals surface area contributed by atoms with Crippen molar-refractivity contribution < 1.29 is 9.53 Å². The number of benzene rings is 1. The average molecular weight is 391 g/mol. The Morgan fingerprint density at radius 1 is 1.47 bits per heavy atom. The zero-order valence-corrected chi connectivity index (χ0v) is 14.2. The van der Waals surface area contributed by atoms with Gasteiger partial charge < -0.3 is 9.64 Å². The molecule has 1 aromatic rings. The molecule has 1 aliphatic rings. The average Bonchev–Trinajstić information content (AvgIpc) is 2.40. The lowest BCUT2D eigenvalue weighted by atomic mass is 10.1. The van der Waals surface area contributed by atoms with E-state index in [4.69, 9.17) is 4.74 Å². The number of ether oxygens (including phenoxy) is 1. The summed E-state index contributed by atoms with van der Waals surface area (Å²) in [7, 11) is 0. The molecule has 0 spiro atoms. The molecule has 5 heteroatoms. The van der Waals surface area contributed by atoms with E-state index in [9.17, 15) is 4.79 Å². The van der Waals surface area contributed by atoms with Gasteiger partial charge in [0.05, 0.1) is 24.3 Å². The summed E-state index contributed by atoms with van der Waals surface area (Å²) in [5, 5.41) is 0. The maximum absolute atomic E-state index is 12.7. The fourth-order valence-corrected chi connectivity index (χ4v) is 3.02. The van der Waals surface area contributed by atoms with Gasteiger partial charge in [0, 0.05) is 15.5 Å². The van der Waals surface area contributed by atoms with E-state index in [1.807, 2.05) is 30.0 Å². The maximum atomic E-state index is 12.7. The lowest BCUT2D eigenvalue weighted by Gasteiger charge is -2.38. The van der Waals surface area contributed by atoms with Crippen LogP contribution in [0.1, 0.15) is 30.6 Å². The van der Waals surface area contributed by atoms with Gasteiger partial charge in [0.15, 0.2) is 0 Å². The molecule has 0 bridgehead atoms. The van der Waals surface area contributed by atoms with Gasteiger partial charge >= 0.3 is 0 Å². The second-order valence-electron chi connectivity index (χ2n) is 4.79. The number of amides is 1. The van der Waals surface area contributed by atoms with Crippen molar-refractivity contribution in [1.29, 1.82) is 0 Å². The van der Waals surface area contributed by atoms with E-state index in [2.05, 4.69) is 38.8 Å². The third kappa shape index (κ3) is 3.38. The number of halogens is 2. The quantitative estimate of drug-likeness (QED) is 0.767. The number of carbonyl (C=O) groups is 1. The van der Waals surface area contributed by atoms with Gasteiger partial charge in [0.1, 0.15) is 0 Å². The molecule has 1 fully saturated rings. The van der Waals surface area contributed by atoms with Crippen LogP contribution in [0, 0.1) is 0 Å². The van der Waals surface area contributed by atoms with Crippen LogP contribution in [0.3, 0.4) is 0 Å². The smallest absolute Gasteiger partial charge is 0.255 e. The van der Waals surface area contributed by atoms with E-state index in [1.54, 1.807) is 0 Å². The molecule has 19 heavy (non-hydrogen) atoms. The first-order valence-corrected chi connectivity index (χ1v) is 7.99. The second kappa shape index (κ2) is 6.37. The Hall–Kier alpha value is -0.390. The predicted molar refractivity (Wildman–Crippen MR) is 82.4 cm³/mol. The zero-order chi connectivity index (χ0) is 14.0. The van der Waals surface area contributed by atoms with Crippen molar-refractivity contribution in [1.82, 2.24) is 4.90 Å². The summed E-state index contributed by atoms with van der Waals surface area (Å²) in [4.78, 5) is 14.6. The SMILES string of the molecule is CCC1COC(C)CN1C(=O)c1cc(Br)ccc1Br. The highest BCUT2D eigenvalue weighted by Gasteiger charge is 2.30. The molecule has 0 saturated carbocycles. The Bertz CT molecular complexity index is 479. The van der Waals surface area contributed by atoms with Crippen LogP contribution in [0.15, 0.2) is 27.1 Å². The van der Waals surface area contributed by atoms with Crippen LogP contribution in [0.2, 0.25) is 0 Å². The van der Waals surface area contributed by atoms with Crippen LogP contribution in [-0.4, -0.2) is 36.1 Å². The minimum Gasteiger partial charge on any atom is -0.375 e. The van der Waals surface area contributed by atoms with Gasteiger partial charge in [-0.15, -0.1) is 0 Å². The number of hydrogen-bond donors (Lipinski definition) is 0. The minimum absolute atomic E-state index is 0.0650. The van der Waals surface area contributed by atoms with Crippen LogP contribution < -0.4 is 0 Å². The van der Waals surface area contributed by atoms with Gasteiger partial charge in [-0.25, -0.2) is 0 Å². The van der Waals surface area contributed by atoms with Crippen molar-refractivity contribution in [3.05, 3.63) is 32.7 Å². The van der Waals surface area contributed by atoms with Crippen LogP contribution >= 0.6 is 31.9 Å². The summed E-state index contributed by atoms with van der Waals surface area (Å²) in [6.45, 7) is 5.35. The molecule has 0 aliphatic carbocycles. The van der Waals surface area contributed by atoms with Crippen LogP contribution in [-0.2, 0) is 4.74 Å². The zero-order valence-electron chi connectivity index (χ0n) is 11.0. The van der Waals surface area contributed by atoms with Gasteiger partial charge in [-0.2, -0.15) is 0 Å². The number of nitrogens with zero attached hydrogens (tertiary/aromatic N) is 1. The molecule has 2 unspecified atom stereocenters. The number of hydrogen-bond acceptors (Lipinski definition) is 2. The molecule has 1 aromatic carbocycles. The van der Waals surface area contributed by atoms with Crippen molar-refractivity contribution in [2.75, 3.05) is 13.2 Å². The van der Waals surface area contributed by atoms with Crippen molar-refractivity contribution in [3.63, 3.8) is 0 Å². The van der Waals surface area contributed by atoms with Gasteiger partial charge in [0.25, 0.3) is 5.91 Å². The molecule has 1 saturated heterocycles. The van der Waals surface area contributed by atoms with E-state index in [0.29, 0.717) is 18.7 Å². The Balaban J connectivity index is 2.28. The van der Waals surface area contributed by atoms with Gasteiger partial charge in [-0.3, -0.25) is 4.79 Å². The number of carbonyl (C=O) groups excluding carboxylic acids is 1. The molecule has 3 nitrogen and oxygen atoms in total. The number of morpholine rings is 1. The maximum Gasteiger partial charge on any atom is 0.255 e. The summed E-state index contributed by atoms with van der Waals surface area (Å²) in [5.41, 5.74) is 0.696. The summed E-state index contributed by atoms with van der Waals surface area (Å²) < 4.78 is 7.38. The van der Waals surface area contributed by atoms with Gasteiger partial charge in [-0.05, 0) is 47.5 Å². The molecule has 2 rings (SSSR count). The van der Waals surface area contributed by atoms with Crippen LogP contribution in [0.4, 0.5) is 0 Å². The largest absolute Gasteiger partial charge is 0.375 e.